The van der Waals surface area contributed by atoms with Crippen molar-refractivity contribution in [3.63, 3.8) is 0 Å². The van der Waals surface area contributed by atoms with E-state index in [2.05, 4.69) is 53.2 Å². The molecule has 0 saturated carbocycles. The van der Waals surface area contributed by atoms with Gasteiger partial charge in [0.05, 0.1) is 11.6 Å². The fourth-order valence-corrected chi connectivity index (χ4v) is 5.45. The lowest BCUT2D eigenvalue weighted by Gasteiger charge is -2.32. The van der Waals surface area contributed by atoms with Crippen LogP contribution < -0.4 is 5.56 Å². The first-order valence-electron chi connectivity index (χ1n) is 13.1. The number of nitrogens with zero attached hydrogens (tertiary/aromatic N) is 2. The Labute approximate surface area is 209 Å². The van der Waals surface area contributed by atoms with Crippen LogP contribution in [0.15, 0.2) is 65.6 Å². The highest BCUT2D eigenvalue weighted by atomic mass is 16.1. The van der Waals surface area contributed by atoms with E-state index in [0.29, 0.717) is 5.92 Å². The molecule has 4 nitrogen and oxygen atoms in total. The monoisotopic (exact) mass is 467 g/mol. The molecule has 1 aliphatic heterocycles. The minimum absolute atomic E-state index is 0.0236. The molecule has 4 heteroatoms. The second kappa shape index (κ2) is 12.0. The lowest BCUT2D eigenvalue weighted by molar-refractivity contribution is 0.169. The highest BCUT2D eigenvalue weighted by Crippen LogP contribution is 2.30. The molecule has 0 amide bonds. The van der Waals surface area contributed by atoms with Crippen molar-refractivity contribution in [1.82, 2.24) is 9.88 Å². The molecule has 1 aliphatic rings. The molecule has 2 aromatic carbocycles. The molecule has 2 heterocycles. The maximum atomic E-state index is 12.5. The van der Waals surface area contributed by atoms with Gasteiger partial charge in [0.2, 0.25) is 0 Å². The van der Waals surface area contributed by atoms with Crippen molar-refractivity contribution in [2.45, 2.75) is 64.8 Å². The average Bonchev–Trinajstić information content (AvgIpc) is 2.89. The van der Waals surface area contributed by atoms with Crippen molar-refractivity contribution >= 4 is 0 Å². The third kappa shape index (κ3) is 6.50. The molecule has 1 aromatic heterocycles. The summed E-state index contributed by atoms with van der Waals surface area (Å²) in [7, 11) is 0. The molecule has 0 bridgehead atoms. The first kappa shape index (κ1) is 24.9. The fraction of sp³-hybridized carbons (Fsp3) is 0.419. The van der Waals surface area contributed by atoms with Gasteiger partial charge in [-0.2, -0.15) is 5.26 Å². The summed E-state index contributed by atoms with van der Waals surface area (Å²) in [5, 5.41) is 9.19. The first-order chi connectivity index (χ1) is 17.1. The van der Waals surface area contributed by atoms with E-state index in [-0.39, 0.29) is 5.56 Å². The van der Waals surface area contributed by atoms with Crippen molar-refractivity contribution in [3.8, 4) is 17.2 Å². The van der Waals surface area contributed by atoms with E-state index in [4.69, 9.17) is 0 Å². The number of hydrogen-bond donors (Lipinski definition) is 1. The number of likely N-dealkylation sites (tertiary alicyclic amines) is 1. The van der Waals surface area contributed by atoms with Crippen LogP contribution in [0.25, 0.3) is 11.1 Å². The van der Waals surface area contributed by atoms with E-state index in [1.807, 2.05) is 37.4 Å². The molecule has 1 saturated heterocycles. The van der Waals surface area contributed by atoms with Crippen LogP contribution in [0.2, 0.25) is 0 Å². The minimum Gasteiger partial charge on any atom is -0.328 e. The highest BCUT2D eigenvalue weighted by Gasteiger charge is 2.21. The van der Waals surface area contributed by atoms with Crippen LogP contribution in [0.1, 0.15) is 73.6 Å². The van der Waals surface area contributed by atoms with Crippen LogP contribution in [0, 0.1) is 24.2 Å². The normalized spacial score (nSPS) is 15.6. The van der Waals surface area contributed by atoms with Crippen molar-refractivity contribution in [1.29, 1.82) is 5.26 Å². The Balaban J connectivity index is 1.25. The summed E-state index contributed by atoms with van der Waals surface area (Å²) >= 11 is 0. The van der Waals surface area contributed by atoms with Crippen molar-refractivity contribution in [2.24, 2.45) is 5.92 Å². The number of rotatable bonds is 9. The predicted molar refractivity (Wildman–Crippen MR) is 143 cm³/mol. The van der Waals surface area contributed by atoms with Crippen molar-refractivity contribution in [2.75, 3.05) is 13.1 Å². The van der Waals surface area contributed by atoms with Gasteiger partial charge < -0.3 is 4.98 Å². The van der Waals surface area contributed by atoms with Gasteiger partial charge in [0.1, 0.15) is 0 Å². The summed E-state index contributed by atoms with van der Waals surface area (Å²) < 4.78 is 0. The van der Waals surface area contributed by atoms with Crippen LogP contribution in [0.4, 0.5) is 0 Å². The summed E-state index contributed by atoms with van der Waals surface area (Å²) in [4.78, 5) is 17.8. The predicted octanol–water partition coefficient (Wildman–Crippen LogP) is 6.80. The average molecular weight is 468 g/mol. The number of benzene rings is 2. The summed E-state index contributed by atoms with van der Waals surface area (Å²) in [6.45, 7) is 7.15. The lowest BCUT2D eigenvalue weighted by Crippen LogP contribution is -2.34. The molecule has 4 rings (SSSR count). The fourth-order valence-electron chi connectivity index (χ4n) is 5.45. The molecule has 1 unspecified atom stereocenters. The standard InChI is InChI=1S/C31H37N3O/c1-3-25(27-12-13-28(20-32)23(2)18-27)11-7-8-24-14-16-34(17-15-24)22-30-19-29(21-33-31(30)35)26-9-5-4-6-10-26/h4-6,9-10,12-13,18-19,21,24-25H,3,7-8,11,14-17,22H2,1-2H3,(H,33,35). The number of nitrogens with one attached hydrogen (secondary N) is 1. The van der Waals surface area contributed by atoms with Gasteiger partial charge in [-0.15, -0.1) is 0 Å². The Morgan fingerprint density at radius 1 is 1.09 bits per heavy atom. The molecule has 3 aromatic rings. The number of pyridine rings is 1. The maximum Gasteiger partial charge on any atom is 0.252 e. The van der Waals surface area contributed by atoms with Gasteiger partial charge in [-0.3, -0.25) is 9.69 Å². The number of aryl methyl sites for hydroxylation is 1. The van der Waals surface area contributed by atoms with E-state index >= 15 is 0 Å². The number of nitriles is 1. The number of hydrogen-bond acceptors (Lipinski definition) is 3. The summed E-state index contributed by atoms with van der Waals surface area (Å²) in [6, 6.07) is 20.9. The summed E-state index contributed by atoms with van der Waals surface area (Å²) in [5.41, 5.74) is 6.32. The molecular weight excluding hydrogens is 430 g/mol. The first-order valence-corrected chi connectivity index (χ1v) is 13.1. The summed E-state index contributed by atoms with van der Waals surface area (Å²) in [6.07, 6.45) is 9.12. The third-order valence-corrected chi connectivity index (χ3v) is 7.69. The van der Waals surface area contributed by atoms with Gasteiger partial charge in [-0.25, -0.2) is 0 Å². The van der Waals surface area contributed by atoms with Crippen LogP contribution in [-0.2, 0) is 6.54 Å². The van der Waals surface area contributed by atoms with E-state index in [1.165, 1.54) is 37.7 Å². The van der Waals surface area contributed by atoms with Crippen LogP contribution >= 0.6 is 0 Å². The zero-order valence-electron chi connectivity index (χ0n) is 21.1. The Kier molecular flexibility index (Phi) is 8.55. The van der Waals surface area contributed by atoms with Crippen molar-refractivity contribution < 1.29 is 0 Å². The Bertz CT molecular complexity index is 1200. The molecule has 0 aliphatic carbocycles. The SMILES string of the molecule is CCC(CCCC1CCN(Cc2cc(-c3ccccc3)c[nH]c2=O)CC1)c1ccc(C#N)c(C)c1. The van der Waals surface area contributed by atoms with Gasteiger partial charge in [0, 0.05) is 18.3 Å². The highest BCUT2D eigenvalue weighted by molar-refractivity contribution is 5.62. The number of piperidine rings is 1. The van der Waals surface area contributed by atoms with E-state index in [0.717, 1.165) is 59.8 Å². The van der Waals surface area contributed by atoms with Crippen LogP contribution in [0.5, 0.6) is 0 Å². The van der Waals surface area contributed by atoms with Crippen LogP contribution in [-0.4, -0.2) is 23.0 Å². The Hall–Kier alpha value is -3.16. The second-order valence-corrected chi connectivity index (χ2v) is 10.1. The molecular formula is C31H37N3O. The number of aromatic amines is 1. The Morgan fingerprint density at radius 2 is 1.86 bits per heavy atom. The lowest BCUT2D eigenvalue weighted by atomic mass is 9.86. The molecule has 0 spiro atoms. The summed E-state index contributed by atoms with van der Waals surface area (Å²) in [5.74, 6) is 1.35. The minimum atomic E-state index is 0.0236. The largest absolute Gasteiger partial charge is 0.328 e. The quantitative estimate of drug-likeness (QED) is 0.376. The van der Waals surface area contributed by atoms with Gasteiger partial charge in [0.25, 0.3) is 5.56 Å². The molecule has 1 fully saturated rings. The number of aromatic nitrogens is 1. The molecule has 182 valence electrons. The van der Waals surface area contributed by atoms with Crippen LogP contribution in [0.3, 0.4) is 0 Å². The molecule has 35 heavy (non-hydrogen) atoms. The topological polar surface area (TPSA) is 59.9 Å². The van der Waals surface area contributed by atoms with E-state index in [1.54, 1.807) is 0 Å². The number of H-pyrrole nitrogens is 1. The van der Waals surface area contributed by atoms with Gasteiger partial charge in [-0.05, 0) is 91.9 Å². The van der Waals surface area contributed by atoms with E-state index < -0.39 is 0 Å². The third-order valence-electron chi connectivity index (χ3n) is 7.69. The van der Waals surface area contributed by atoms with E-state index in [9.17, 15) is 10.1 Å². The van der Waals surface area contributed by atoms with Gasteiger partial charge in [-0.1, -0.05) is 62.2 Å². The Morgan fingerprint density at radius 3 is 2.54 bits per heavy atom. The molecule has 0 radical (unpaired) electrons. The van der Waals surface area contributed by atoms with Crippen molar-refractivity contribution in [3.05, 3.63) is 93.4 Å². The second-order valence-electron chi connectivity index (χ2n) is 10.1. The molecule has 1 atom stereocenters. The smallest absolute Gasteiger partial charge is 0.252 e. The zero-order chi connectivity index (χ0) is 24.6. The van der Waals surface area contributed by atoms with Gasteiger partial charge in [0.15, 0.2) is 0 Å². The van der Waals surface area contributed by atoms with Gasteiger partial charge >= 0.3 is 0 Å². The zero-order valence-corrected chi connectivity index (χ0v) is 21.1. The maximum absolute atomic E-state index is 12.5. The molecule has 1 N–H and O–H groups in total.